The number of hydrogen-bond donors (Lipinski definition) is 1. The molecule has 1 heterocycles. The lowest BCUT2D eigenvalue weighted by Gasteiger charge is -2.24. The number of carboxylic acids is 1. The highest BCUT2D eigenvalue weighted by Crippen LogP contribution is 2.18. The van der Waals surface area contributed by atoms with Gasteiger partial charge in [-0.05, 0) is 26.0 Å². The molecular formula is C16H21N3O2. The Bertz CT molecular complexity index is 590. The molecule has 0 aliphatic heterocycles. The van der Waals surface area contributed by atoms with E-state index in [1.807, 2.05) is 37.4 Å². The van der Waals surface area contributed by atoms with Crippen LogP contribution < -0.4 is 4.90 Å². The molecule has 0 fully saturated rings. The van der Waals surface area contributed by atoms with E-state index in [1.165, 1.54) is 5.56 Å². The lowest BCUT2D eigenvalue weighted by Crippen LogP contribution is -2.27. The van der Waals surface area contributed by atoms with Crippen molar-refractivity contribution < 1.29 is 9.90 Å². The Kier molecular flexibility index (Phi) is 4.98. The van der Waals surface area contributed by atoms with Gasteiger partial charge in [-0.2, -0.15) is 0 Å². The normalized spacial score (nSPS) is 10.6. The van der Waals surface area contributed by atoms with E-state index in [1.54, 1.807) is 6.20 Å². The third kappa shape index (κ3) is 4.08. The Labute approximate surface area is 124 Å². The number of hydrogen-bond acceptors (Lipinski definition) is 3. The molecule has 2 rings (SSSR count). The first-order valence-corrected chi connectivity index (χ1v) is 7.13. The van der Waals surface area contributed by atoms with Gasteiger partial charge in [0.15, 0.2) is 0 Å². The number of imidazole rings is 1. The van der Waals surface area contributed by atoms with Crippen molar-refractivity contribution in [2.24, 2.45) is 0 Å². The number of aryl methyl sites for hydroxylation is 2. The highest BCUT2D eigenvalue weighted by atomic mass is 16.4. The van der Waals surface area contributed by atoms with E-state index in [0.717, 1.165) is 18.1 Å². The predicted octanol–water partition coefficient (Wildman–Crippen LogP) is 2.69. The van der Waals surface area contributed by atoms with Crippen molar-refractivity contribution >= 4 is 11.7 Å². The largest absolute Gasteiger partial charge is 0.481 e. The van der Waals surface area contributed by atoms with E-state index in [4.69, 9.17) is 5.11 Å². The van der Waals surface area contributed by atoms with Crippen molar-refractivity contribution in [3.63, 3.8) is 0 Å². The number of nitrogens with zero attached hydrogens (tertiary/aromatic N) is 3. The summed E-state index contributed by atoms with van der Waals surface area (Å²) in [6, 6.07) is 8.12. The van der Waals surface area contributed by atoms with Crippen LogP contribution in [0.15, 0.2) is 36.7 Å². The number of rotatable bonds is 7. The molecule has 0 spiro atoms. The van der Waals surface area contributed by atoms with E-state index in [2.05, 4.69) is 21.4 Å². The van der Waals surface area contributed by atoms with Crippen LogP contribution in [0.2, 0.25) is 0 Å². The summed E-state index contributed by atoms with van der Waals surface area (Å²) in [7, 11) is 0. The Morgan fingerprint density at radius 3 is 2.67 bits per heavy atom. The summed E-state index contributed by atoms with van der Waals surface area (Å²) >= 11 is 0. The average molecular weight is 287 g/mol. The first-order valence-electron chi connectivity index (χ1n) is 7.13. The fraction of sp³-hybridized carbons (Fsp3) is 0.375. The minimum absolute atomic E-state index is 0.112. The minimum atomic E-state index is -0.786. The van der Waals surface area contributed by atoms with Gasteiger partial charge in [-0.15, -0.1) is 0 Å². The average Bonchev–Trinajstić information content (AvgIpc) is 2.91. The third-order valence-corrected chi connectivity index (χ3v) is 3.47. The molecule has 2 aromatic rings. The van der Waals surface area contributed by atoms with Gasteiger partial charge in [-0.25, -0.2) is 4.98 Å². The van der Waals surface area contributed by atoms with Crippen molar-refractivity contribution in [3.05, 3.63) is 48.0 Å². The highest BCUT2D eigenvalue weighted by molar-refractivity contribution is 5.67. The fourth-order valence-corrected chi connectivity index (χ4v) is 2.24. The Morgan fingerprint density at radius 1 is 1.33 bits per heavy atom. The van der Waals surface area contributed by atoms with Gasteiger partial charge >= 0.3 is 5.97 Å². The number of aliphatic carboxylic acids is 1. The smallest absolute Gasteiger partial charge is 0.305 e. The number of carbonyl (C=O) groups is 1. The lowest BCUT2D eigenvalue weighted by atomic mass is 10.2. The zero-order valence-electron chi connectivity index (χ0n) is 12.5. The number of aromatic nitrogens is 2. The number of carboxylic acid groups (broad SMARTS) is 1. The molecule has 0 aliphatic carbocycles. The van der Waals surface area contributed by atoms with Crippen molar-refractivity contribution in [2.45, 2.75) is 33.4 Å². The van der Waals surface area contributed by atoms with Gasteiger partial charge in [0.05, 0.1) is 13.0 Å². The molecule has 0 aliphatic rings. The topological polar surface area (TPSA) is 58.4 Å². The molecule has 21 heavy (non-hydrogen) atoms. The van der Waals surface area contributed by atoms with Gasteiger partial charge in [0, 0.05) is 31.2 Å². The Hall–Kier alpha value is -2.30. The molecule has 0 atom stereocenters. The quantitative estimate of drug-likeness (QED) is 0.850. The van der Waals surface area contributed by atoms with E-state index >= 15 is 0 Å². The molecule has 1 aromatic heterocycles. The monoisotopic (exact) mass is 287 g/mol. The summed E-state index contributed by atoms with van der Waals surface area (Å²) in [5.41, 5.74) is 2.21. The van der Waals surface area contributed by atoms with Gasteiger partial charge in [0.1, 0.15) is 5.82 Å². The maximum Gasteiger partial charge on any atom is 0.305 e. The van der Waals surface area contributed by atoms with Crippen LogP contribution in [0.1, 0.15) is 24.7 Å². The van der Waals surface area contributed by atoms with Crippen molar-refractivity contribution in [3.8, 4) is 0 Å². The summed E-state index contributed by atoms with van der Waals surface area (Å²) in [6.45, 7) is 6.04. The molecule has 0 bridgehead atoms. The van der Waals surface area contributed by atoms with Crippen LogP contribution in [-0.4, -0.2) is 27.2 Å². The third-order valence-electron chi connectivity index (χ3n) is 3.47. The Balaban J connectivity index is 2.19. The molecule has 1 N–H and O–H groups in total. The molecule has 5 heteroatoms. The molecule has 0 unspecified atom stereocenters. The molecular weight excluding hydrogens is 266 g/mol. The van der Waals surface area contributed by atoms with Crippen molar-refractivity contribution in [2.75, 3.05) is 11.4 Å². The lowest BCUT2D eigenvalue weighted by molar-refractivity contribution is -0.136. The number of benzene rings is 1. The summed E-state index contributed by atoms with van der Waals surface area (Å²) in [4.78, 5) is 17.3. The van der Waals surface area contributed by atoms with Crippen molar-refractivity contribution in [1.29, 1.82) is 0 Å². The standard InChI is InChI=1S/C16H21N3O2/c1-3-18-11-9-17-15(18)12-19(10-8-16(20)21)14-6-4-13(2)5-7-14/h4-7,9,11H,3,8,10,12H2,1-2H3,(H,20,21). The van der Waals surface area contributed by atoms with E-state index < -0.39 is 5.97 Å². The van der Waals surface area contributed by atoms with Crippen molar-refractivity contribution in [1.82, 2.24) is 9.55 Å². The van der Waals surface area contributed by atoms with Gasteiger partial charge in [-0.3, -0.25) is 4.79 Å². The molecule has 0 amide bonds. The first kappa shape index (κ1) is 15.1. The van der Waals surface area contributed by atoms with Crippen LogP contribution in [0.25, 0.3) is 0 Å². The van der Waals surface area contributed by atoms with Gasteiger partial charge < -0.3 is 14.6 Å². The zero-order chi connectivity index (χ0) is 15.2. The summed E-state index contributed by atoms with van der Waals surface area (Å²) in [5, 5.41) is 8.93. The van der Waals surface area contributed by atoms with E-state index in [-0.39, 0.29) is 6.42 Å². The van der Waals surface area contributed by atoms with E-state index in [0.29, 0.717) is 13.1 Å². The highest BCUT2D eigenvalue weighted by Gasteiger charge is 2.12. The van der Waals surface area contributed by atoms with Crippen LogP contribution in [0, 0.1) is 6.92 Å². The first-order chi connectivity index (χ1) is 10.1. The number of anilines is 1. The molecule has 0 radical (unpaired) electrons. The maximum absolute atomic E-state index is 10.9. The van der Waals surface area contributed by atoms with Gasteiger partial charge in [0.2, 0.25) is 0 Å². The molecule has 1 aromatic carbocycles. The predicted molar refractivity (Wildman–Crippen MR) is 82.4 cm³/mol. The summed E-state index contributed by atoms with van der Waals surface area (Å²) in [5.74, 6) is 0.161. The Morgan fingerprint density at radius 2 is 2.05 bits per heavy atom. The molecule has 0 saturated heterocycles. The second-order valence-electron chi connectivity index (χ2n) is 5.03. The summed E-state index contributed by atoms with van der Waals surface area (Å²) < 4.78 is 2.07. The summed E-state index contributed by atoms with van der Waals surface area (Å²) in [6.07, 6.45) is 3.84. The molecule has 112 valence electrons. The fourth-order valence-electron chi connectivity index (χ4n) is 2.24. The van der Waals surface area contributed by atoms with Crippen LogP contribution in [0.4, 0.5) is 5.69 Å². The SMILES string of the molecule is CCn1ccnc1CN(CCC(=O)O)c1ccc(C)cc1. The van der Waals surface area contributed by atoms with Crippen LogP contribution in [0.3, 0.4) is 0 Å². The second kappa shape index (κ2) is 6.92. The molecule has 5 nitrogen and oxygen atoms in total. The minimum Gasteiger partial charge on any atom is -0.481 e. The van der Waals surface area contributed by atoms with Gasteiger partial charge in [-0.1, -0.05) is 17.7 Å². The van der Waals surface area contributed by atoms with Crippen LogP contribution in [-0.2, 0) is 17.9 Å². The zero-order valence-corrected chi connectivity index (χ0v) is 12.5. The van der Waals surface area contributed by atoms with Gasteiger partial charge in [0.25, 0.3) is 0 Å². The van der Waals surface area contributed by atoms with E-state index in [9.17, 15) is 4.79 Å². The molecule has 0 saturated carbocycles. The van der Waals surface area contributed by atoms with Crippen LogP contribution >= 0.6 is 0 Å². The maximum atomic E-state index is 10.9. The van der Waals surface area contributed by atoms with Crippen LogP contribution in [0.5, 0.6) is 0 Å². The second-order valence-corrected chi connectivity index (χ2v) is 5.03.